The summed E-state index contributed by atoms with van der Waals surface area (Å²) < 4.78 is 0.910. The summed E-state index contributed by atoms with van der Waals surface area (Å²) >= 11 is 3.40. The minimum absolute atomic E-state index is 0. The van der Waals surface area contributed by atoms with Gasteiger partial charge in [-0.2, -0.15) is 0 Å². The fourth-order valence-electron chi connectivity index (χ4n) is 1.70. The highest BCUT2D eigenvalue weighted by molar-refractivity contribution is 9.10. The highest BCUT2D eigenvalue weighted by Gasteiger charge is 2.10. The van der Waals surface area contributed by atoms with Crippen LogP contribution in [0.25, 0.3) is 0 Å². The summed E-state index contributed by atoms with van der Waals surface area (Å²) in [6, 6.07) is 3.75. The lowest BCUT2D eigenvalue weighted by Crippen LogP contribution is -2.33. The van der Waals surface area contributed by atoms with E-state index in [0.29, 0.717) is 17.9 Å². The van der Waals surface area contributed by atoms with Crippen molar-refractivity contribution in [2.45, 2.75) is 20.8 Å². The molecule has 0 atom stereocenters. The summed E-state index contributed by atoms with van der Waals surface area (Å²) in [5.74, 6) is -0.0390. The highest BCUT2D eigenvalue weighted by Crippen LogP contribution is 2.27. The van der Waals surface area contributed by atoms with Gasteiger partial charge in [0.1, 0.15) is 0 Å². The number of nitrogens with zero attached hydrogens (tertiary/aromatic N) is 1. The lowest BCUT2D eigenvalue weighted by atomic mass is 10.1. The molecule has 0 spiro atoms. The number of anilines is 2. The summed E-state index contributed by atoms with van der Waals surface area (Å²) in [6.07, 6.45) is 0. The van der Waals surface area contributed by atoms with Crippen molar-refractivity contribution in [1.82, 2.24) is 4.90 Å². The molecule has 0 aliphatic rings. The van der Waals surface area contributed by atoms with E-state index in [-0.39, 0.29) is 30.7 Å². The smallest absolute Gasteiger partial charge is 0.238 e. The van der Waals surface area contributed by atoms with Gasteiger partial charge < -0.3 is 11.1 Å². The molecule has 1 aromatic rings. The van der Waals surface area contributed by atoms with E-state index in [4.69, 9.17) is 5.73 Å². The Labute approximate surface area is 141 Å². The number of amides is 1. The number of benzene rings is 1. The molecule has 0 radical (unpaired) electrons. The van der Waals surface area contributed by atoms with Crippen molar-refractivity contribution in [3.63, 3.8) is 0 Å². The summed E-state index contributed by atoms with van der Waals surface area (Å²) in [7, 11) is 0. The third kappa shape index (κ3) is 6.31. The van der Waals surface area contributed by atoms with Gasteiger partial charge in [0, 0.05) is 4.47 Å². The predicted octanol–water partition coefficient (Wildman–Crippen LogP) is 3.46. The van der Waals surface area contributed by atoms with Crippen LogP contribution in [0.15, 0.2) is 16.6 Å². The van der Waals surface area contributed by atoms with Crippen molar-refractivity contribution in [2.24, 2.45) is 0 Å². The van der Waals surface area contributed by atoms with Gasteiger partial charge in [0.25, 0.3) is 0 Å². The van der Waals surface area contributed by atoms with Gasteiger partial charge in [-0.25, -0.2) is 0 Å². The second-order valence-corrected chi connectivity index (χ2v) is 5.11. The van der Waals surface area contributed by atoms with Gasteiger partial charge in [0.2, 0.25) is 5.91 Å². The summed E-state index contributed by atoms with van der Waals surface area (Å²) in [5, 5.41) is 2.86. The van der Waals surface area contributed by atoms with Crippen LogP contribution in [0.3, 0.4) is 0 Å². The van der Waals surface area contributed by atoms with Crippen molar-refractivity contribution < 1.29 is 4.79 Å². The molecular formula is C13H22BrCl2N3O. The molecular weight excluding hydrogens is 365 g/mol. The minimum atomic E-state index is -0.0390. The zero-order chi connectivity index (χ0) is 13.7. The molecule has 0 unspecified atom stereocenters. The van der Waals surface area contributed by atoms with Gasteiger partial charge in [-0.05, 0) is 37.7 Å². The van der Waals surface area contributed by atoms with Gasteiger partial charge >= 0.3 is 0 Å². The van der Waals surface area contributed by atoms with E-state index in [9.17, 15) is 4.79 Å². The molecule has 0 aliphatic carbocycles. The number of hydrogen-bond donors (Lipinski definition) is 2. The number of nitrogens with two attached hydrogens (primary N) is 1. The molecule has 1 aromatic carbocycles. The third-order valence-electron chi connectivity index (χ3n) is 2.89. The van der Waals surface area contributed by atoms with Gasteiger partial charge in [-0.15, -0.1) is 24.8 Å². The second kappa shape index (κ2) is 10.3. The molecule has 0 saturated carbocycles. The van der Waals surface area contributed by atoms with Crippen LogP contribution < -0.4 is 11.1 Å². The van der Waals surface area contributed by atoms with E-state index in [1.807, 2.05) is 32.9 Å². The van der Waals surface area contributed by atoms with E-state index in [1.165, 1.54) is 0 Å². The van der Waals surface area contributed by atoms with Gasteiger partial charge in [-0.3, -0.25) is 9.69 Å². The molecule has 0 heterocycles. The maximum atomic E-state index is 11.9. The van der Waals surface area contributed by atoms with Crippen LogP contribution in [0.2, 0.25) is 0 Å². The minimum Gasteiger partial charge on any atom is -0.397 e. The lowest BCUT2D eigenvalue weighted by Gasteiger charge is -2.18. The van der Waals surface area contributed by atoms with E-state index in [1.54, 1.807) is 0 Å². The zero-order valence-electron chi connectivity index (χ0n) is 11.9. The number of likely N-dealkylation sites (N-methyl/N-ethyl adjacent to an activating group) is 1. The summed E-state index contributed by atoms with van der Waals surface area (Å²) in [5.41, 5.74) is 8.18. The normalized spacial score (nSPS) is 9.65. The molecule has 20 heavy (non-hydrogen) atoms. The maximum absolute atomic E-state index is 11.9. The number of nitrogens with one attached hydrogen (secondary N) is 1. The highest BCUT2D eigenvalue weighted by atomic mass is 79.9. The van der Waals surface area contributed by atoms with Gasteiger partial charge in [-0.1, -0.05) is 29.8 Å². The van der Waals surface area contributed by atoms with Crippen molar-refractivity contribution in [1.29, 1.82) is 0 Å². The second-order valence-electron chi connectivity index (χ2n) is 4.19. The zero-order valence-corrected chi connectivity index (χ0v) is 15.1. The molecule has 7 heteroatoms. The van der Waals surface area contributed by atoms with Crippen molar-refractivity contribution in [3.05, 3.63) is 22.2 Å². The number of nitrogen functional groups attached to an aromatic ring is 1. The van der Waals surface area contributed by atoms with E-state index in [2.05, 4.69) is 26.1 Å². The first-order valence-electron chi connectivity index (χ1n) is 6.05. The number of rotatable bonds is 5. The molecule has 116 valence electrons. The fourth-order valence-corrected chi connectivity index (χ4v) is 2.27. The van der Waals surface area contributed by atoms with E-state index < -0.39 is 0 Å². The Kier molecular flexibility index (Phi) is 11.2. The number of halogens is 3. The van der Waals surface area contributed by atoms with Crippen LogP contribution in [0, 0.1) is 6.92 Å². The van der Waals surface area contributed by atoms with Crippen LogP contribution in [0.4, 0.5) is 11.4 Å². The van der Waals surface area contributed by atoms with E-state index >= 15 is 0 Å². The average molecular weight is 387 g/mol. The third-order valence-corrected chi connectivity index (χ3v) is 3.35. The standard InChI is InChI=1S/C13H20BrN3O.2ClH/c1-4-17(5-2)8-12(18)16-11-7-10(14)6-9(3)13(11)15;;/h6-7H,4-5,8,15H2,1-3H3,(H,16,18);2*1H. The van der Waals surface area contributed by atoms with Crippen molar-refractivity contribution >= 4 is 58.0 Å². The van der Waals surface area contributed by atoms with Crippen LogP contribution in [-0.4, -0.2) is 30.4 Å². The molecule has 0 aromatic heterocycles. The van der Waals surface area contributed by atoms with Gasteiger partial charge in [0.05, 0.1) is 17.9 Å². The molecule has 0 saturated heterocycles. The predicted molar refractivity (Wildman–Crippen MR) is 94.2 cm³/mol. The van der Waals surface area contributed by atoms with Crippen LogP contribution >= 0.6 is 40.7 Å². The summed E-state index contributed by atoms with van der Waals surface area (Å²) in [4.78, 5) is 13.9. The topological polar surface area (TPSA) is 58.4 Å². The molecule has 3 N–H and O–H groups in total. The van der Waals surface area contributed by atoms with Crippen LogP contribution in [-0.2, 0) is 4.79 Å². The van der Waals surface area contributed by atoms with Crippen molar-refractivity contribution in [3.8, 4) is 0 Å². The molecule has 0 bridgehead atoms. The molecule has 0 fully saturated rings. The van der Waals surface area contributed by atoms with E-state index in [0.717, 1.165) is 23.1 Å². The summed E-state index contributed by atoms with van der Waals surface area (Å²) in [6.45, 7) is 8.09. The largest absolute Gasteiger partial charge is 0.397 e. The quantitative estimate of drug-likeness (QED) is 0.761. The van der Waals surface area contributed by atoms with Crippen LogP contribution in [0.1, 0.15) is 19.4 Å². The maximum Gasteiger partial charge on any atom is 0.238 e. The Morgan fingerprint density at radius 2 is 1.85 bits per heavy atom. The number of carbonyl (C=O) groups excluding carboxylic acids is 1. The number of carbonyl (C=O) groups is 1. The average Bonchev–Trinajstić information content (AvgIpc) is 2.32. The van der Waals surface area contributed by atoms with Gasteiger partial charge in [0.15, 0.2) is 0 Å². The Morgan fingerprint density at radius 1 is 1.30 bits per heavy atom. The molecule has 1 rings (SSSR count). The molecule has 1 amide bonds. The Bertz CT molecular complexity index is 440. The Hall–Kier alpha value is -0.490. The SMILES string of the molecule is CCN(CC)CC(=O)Nc1cc(Br)cc(C)c1N.Cl.Cl. The first-order valence-corrected chi connectivity index (χ1v) is 6.85. The lowest BCUT2D eigenvalue weighted by molar-refractivity contribution is -0.117. The fraction of sp³-hybridized carbons (Fsp3) is 0.462. The first-order chi connectivity index (χ1) is 8.47. The number of hydrogen-bond acceptors (Lipinski definition) is 3. The number of aryl methyl sites for hydroxylation is 1. The van der Waals surface area contributed by atoms with Crippen LogP contribution in [0.5, 0.6) is 0 Å². The first kappa shape index (κ1) is 21.8. The monoisotopic (exact) mass is 385 g/mol. The molecule has 0 aliphatic heterocycles. The van der Waals surface area contributed by atoms with Crippen molar-refractivity contribution in [2.75, 3.05) is 30.7 Å². The molecule has 4 nitrogen and oxygen atoms in total. The Balaban J connectivity index is 0. The Morgan fingerprint density at radius 3 is 2.35 bits per heavy atom.